The van der Waals surface area contributed by atoms with Gasteiger partial charge in [-0.05, 0) is 39.7 Å². The number of primary amides is 1. The molecule has 3 rings (SSSR count). The average molecular weight is 515 g/mol. The van der Waals surface area contributed by atoms with Crippen LogP contribution < -0.4 is 10.6 Å². The van der Waals surface area contributed by atoms with E-state index in [-0.39, 0.29) is 52.7 Å². The van der Waals surface area contributed by atoms with E-state index in [2.05, 4.69) is 20.8 Å². The molecule has 1 atom stereocenters. The summed E-state index contributed by atoms with van der Waals surface area (Å²) in [4.78, 5) is 26.9. The summed E-state index contributed by atoms with van der Waals surface area (Å²) in [5, 5.41) is 10.9. The topological polar surface area (TPSA) is 83.6 Å². The number of phenols is 1. The number of hydrogen-bond acceptors (Lipinski definition) is 4. The Labute approximate surface area is 195 Å². The number of para-hydroxylation sites is 1. The van der Waals surface area contributed by atoms with Gasteiger partial charge in [-0.15, -0.1) is 0 Å². The predicted molar refractivity (Wildman–Crippen MR) is 124 cm³/mol. The molecule has 2 radical (unpaired) electrons. The van der Waals surface area contributed by atoms with Crippen LogP contribution in [0, 0.1) is 0 Å². The molecule has 5 nitrogen and oxygen atoms in total. The van der Waals surface area contributed by atoms with Crippen LogP contribution in [0.2, 0.25) is 0 Å². The van der Waals surface area contributed by atoms with Crippen LogP contribution in [0.3, 0.4) is 0 Å². The third kappa shape index (κ3) is 4.36. The van der Waals surface area contributed by atoms with Gasteiger partial charge in [-0.3, -0.25) is 9.59 Å². The number of ketones is 1. The van der Waals surface area contributed by atoms with Crippen molar-refractivity contribution in [1.82, 2.24) is 0 Å². The summed E-state index contributed by atoms with van der Waals surface area (Å²) < 4.78 is 0. The quantitative estimate of drug-likeness (QED) is 0.476. The summed E-state index contributed by atoms with van der Waals surface area (Å²) in [5.41, 5.74) is 9.12. The van der Waals surface area contributed by atoms with Crippen molar-refractivity contribution < 1.29 is 14.7 Å². The summed E-state index contributed by atoms with van der Waals surface area (Å²) in [5.74, 6) is -0.793. The van der Waals surface area contributed by atoms with E-state index in [1.807, 2.05) is 51.1 Å². The molecule has 0 saturated carbocycles. The number of nitrogens with zero attached hydrogens (tertiary/aromatic N) is 1. The van der Waals surface area contributed by atoms with Crippen molar-refractivity contribution in [2.45, 2.75) is 64.8 Å². The van der Waals surface area contributed by atoms with Crippen molar-refractivity contribution in [3.05, 3.63) is 53.1 Å². The van der Waals surface area contributed by atoms with Crippen LogP contribution in [0.25, 0.3) is 0 Å². The van der Waals surface area contributed by atoms with Gasteiger partial charge in [0, 0.05) is 23.9 Å². The van der Waals surface area contributed by atoms with Gasteiger partial charge < -0.3 is 15.7 Å². The third-order valence-electron chi connectivity index (χ3n) is 5.44. The van der Waals surface area contributed by atoms with Gasteiger partial charge in [0.1, 0.15) is 5.75 Å². The SMILES string of the molecule is CC(C)(C)c1cc(C(C)(C)C)c(N2c3ccccc3CC(=O)C2C(N)=O)cc1O.[SnH2]. The van der Waals surface area contributed by atoms with Gasteiger partial charge in [0.15, 0.2) is 11.8 Å². The minimum atomic E-state index is -1.11. The van der Waals surface area contributed by atoms with Gasteiger partial charge in [0.25, 0.3) is 0 Å². The maximum absolute atomic E-state index is 12.8. The molecule has 1 heterocycles. The predicted octanol–water partition coefficient (Wildman–Crippen LogP) is 3.19. The maximum atomic E-state index is 12.8. The van der Waals surface area contributed by atoms with Crippen LogP contribution in [0.5, 0.6) is 5.75 Å². The molecule has 3 N–H and O–H groups in total. The Kier molecular flexibility index (Phi) is 6.67. The van der Waals surface area contributed by atoms with E-state index >= 15 is 0 Å². The summed E-state index contributed by atoms with van der Waals surface area (Å²) in [6, 6.07) is 10.1. The van der Waals surface area contributed by atoms with Gasteiger partial charge in [-0.2, -0.15) is 0 Å². The minimum absolute atomic E-state index is 0. The normalized spacial score (nSPS) is 16.7. The van der Waals surface area contributed by atoms with Crippen LogP contribution in [-0.4, -0.2) is 46.7 Å². The molecule has 2 aromatic carbocycles. The zero-order valence-electron chi connectivity index (χ0n) is 18.7. The van der Waals surface area contributed by atoms with Crippen LogP contribution in [-0.2, 0) is 26.8 Å². The van der Waals surface area contributed by atoms with Crippen LogP contribution in [0.1, 0.15) is 58.2 Å². The first-order valence-electron chi connectivity index (χ1n) is 9.89. The number of hydrogen-bond donors (Lipinski definition) is 2. The van der Waals surface area contributed by atoms with Crippen LogP contribution in [0.4, 0.5) is 11.4 Å². The van der Waals surface area contributed by atoms with E-state index in [0.29, 0.717) is 5.69 Å². The number of nitrogens with two attached hydrogens (primary N) is 1. The zero-order chi connectivity index (χ0) is 21.7. The molecule has 0 aliphatic carbocycles. The third-order valence-corrected chi connectivity index (χ3v) is 5.44. The molecule has 2 aromatic rings. The van der Waals surface area contributed by atoms with Gasteiger partial charge in [-0.25, -0.2) is 0 Å². The Hall–Kier alpha value is -2.02. The van der Waals surface area contributed by atoms with Gasteiger partial charge in [-0.1, -0.05) is 59.7 Å². The first kappa shape index (κ1) is 24.3. The molecule has 1 aliphatic rings. The second-order valence-corrected chi connectivity index (χ2v) is 9.83. The number of carbonyl (C=O) groups is 2. The van der Waals surface area contributed by atoms with Crippen molar-refractivity contribution in [3.63, 3.8) is 0 Å². The van der Waals surface area contributed by atoms with Gasteiger partial charge in [0.2, 0.25) is 5.91 Å². The van der Waals surface area contributed by atoms with E-state index in [0.717, 1.165) is 22.4 Å². The Balaban J connectivity index is 0.00000320. The monoisotopic (exact) mass is 516 g/mol. The molecule has 0 saturated heterocycles. The Bertz CT molecular complexity index is 987. The number of Topliss-reactive ketones (excluding diaryl/α,β-unsaturated/α-hetero) is 1. The van der Waals surface area contributed by atoms with Gasteiger partial charge in [0.05, 0.1) is 0 Å². The second kappa shape index (κ2) is 8.25. The first-order valence-corrected chi connectivity index (χ1v) is 9.89. The fourth-order valence-corrected chi connectivity index (χ4v) is 4.00. The molecule has 0 fully saturated rings. The first-order chi connectivity index (χ1) is 13.3. The molecule has 6 heteroatoms. The fourth-order valence-electron chi connectivity index (χ4n) is 4.00. The average Bonchev–Trinajstić information content (AvgIpc) is 2.57. The van der Waals surface area contributed by atoms with E-state index in [4.69, 9.17) is 5.73 Å². The van der Waals surface area contributed by atoms with Crippen molar-refractivity contribution >= 4 is 47.0 Å². The van der Waals surface area contributed by atoms with Crippen LogP contribution >= 0.6 is 0 Å². The molecule has 0 bridgehead atoms. The van der Waals surface area contributed by atoms with Gasteiger partial charge >= 0.3 is 23.9 Å². The summed E-state index contributed by atoms with van der Waals surface area (Å²) in [7, 11) is 0. The van der Waals surface area contributed by atoms with Crippen molar-refractivity contribution in [3.8, 4) is 5.75 Å². The second-order valence-electron chi connectivity index (χ2n) is 9.83. The number of phenolic OH excluding ortho intramolecular Hbond substituents is 1. The number of rotatable bonds is 2. The van der Waals surface area contributed by atoms with Crippen LogP contribution in [0.15, 0.2) is 36.4 Å². The molecule has 30 heavy (non-hydrogen) atoms. The van der Waals surface area contributed by atoms with E-state index in [1.165, 1.54) is 0 Å². The molecule has 1 aliphatic heterocycles. The Morgan fingerprint density at radius 1 is 1.00 bits per heavy atom. The Morgan fingerprint density at radius 3 is 2.10 bits per heavy atom. The number of benzene rings is 2. The molecule has 0 aromatic heterocycles. The molecular formula is C24H32N2O3Sn. The zero-order valence-corrected chi connectivity index (χ0v) is 22.8. The van der Waals surface area contributed by atoms with E-state index in [9.17, 15) is 14.7 Å². The number of aromatic hydroxyl groups is 1. The summed E-state index contributed by atoms with van der Waals surface area (Å²) in [6.07, 6.45) is 0.164. The standard InChI is InChI=1S/C24H30N2O3.Sn.2H/c1-23(2,3)15-12-16(24(4,5)6)19(27)13-18(15)26-17-10-8-7-9-14(17)11-20(28)21(26)22(25)29;;;/h7-10,12-13,21,27H,11H2,1-6H3,(H2,25,29);;;. The number of amides is 1. The Morgan fingerprint density at radius 2 is 1.57 bits per heavy atom. The van der Waals surface area contributed by atoms with E-state index in [1.54, 1.807) is 11.0 Å². The summed E-state index contributed by atoms with van der Waals surface area (Å²) in [6.45, 7) is 12.4. The molecule has 1 unspecified atom stereocenters. The van der Waals surface area contributed by atoms with Crippen molar-refractivity contribution in [1.29, 1.82) is 0 Å². The number of anilines is 2. The molecule has 1 amide bonds. The van der Waals surface area contributed by atoms with Crippen molar-refractivity contribution in [2.24, 2.45) is 5.73 Å². The summed E-state index contributed by atoms with van der Waals surface area (Å²) >= 11 is 0. The fraction of sp³-hybridized carbons (Fsp3) is 0.417. The molecule has 0 spiro atoms. The number of carbonyl (C=O) groups excluding carboxylic acids is 2. The number of fused-ring (bicyclic) bond motifs is 1. The molecule has 160 valence electrons. The molecular weight excluding hydrogens is 483 g/mol. The van der Waals surface area contributed by atoms with E-state index < -0.39 is 11.9 Å². The van der Waals surface area contributed by atoms with Crippen molar-refractivity contribution in [2.75, 3.05) is 4.90 Å².